The molecule has 2 heterocycles. The second kappa shape index (κ2) is 5.18. The molecule has 0 aliphatic carbocycles. The number of nitrogens with two attached hydrogens (primary N) is 1. The van der Waals surface area contributed by atoms with E-state index in [0.29, 0.717) is 29.5 Å². The molecular weight excluding hydrogens is 259 g/mol. The summed E-state index contributed by atoms with van der Waals surface area (Å²) < 4.78 is 18.0. The molecule has 6 heteroatoms. The fourth-order valence-corrected chi connectivity index (χ4v) is 1.72. The molecule has 5 nitrogen and oxygen atoms in total. The lowest BCUT2D eigenvalue weighted by Crippen LogP contribution is -1.96. The first-order chi connectivity index (χ1) is 9.76. The first-order valence-corrected chi connectivity index (χ1v) is 6.01. The summed E-state index contributed by atoms with van der Waals surface area (Å²) in [7, 11) is 0. The molecule has 3 aromatic rings. The Bertz CT molecular complexity index is 707. The summed E-state index contributed by atoms with van der Waals surface area (Å²) in [6.07, 6.45) is 1.66. The van der Waals surface area contributed by atoms with Crippen molar-refractivity contribution in [1.82, 2.24) is 15.1 Å². The Kier molecular flexibility index (Phi) is 3.22. The third-order valence-corrected chi connectivity index (χ3v) is 2.81. The quantitative estimate of drug-likeness (QED) is 0.790. The monoisotopic (exact) mass is 270 g/mol. The van der Waals surface area contributed by atoms with Crippen LogP contribution in [0.5, 0.6) is 0 Å². The third-order valence-electron chi connectivity index (χ3n) is 2.81. The van der Waals surface area contributed by atoms with Gasteiger partial charge < -0.3 is 10.3 Å². The van der Waals surface area contributed by atoms with Crippen LogP contribution >= 0.6 is 0 Å². The molecule has 0 spiro atoms. The third kappa shape index (κ3) is 2.41. The van der Waals surface area contributed by atoms with Crippen molar-refractivity contribution in [2.75, 3.05) is 0 Å². The van der Waals surface area contributed by atoms with Gasteiger partial charge in [-0.2, -0.15) is 4.98 Å². The highest BCUT2D eigenvalue weighted by Gasteiger charge is 2.11. The number of aromatic nitrogens is 3. The molecule has 3 rings (SSSR count). The van der Waals surface area contributed by atoms with Gasteiger partial charge in [0.1, 0.15) is 11.5 Å². The van der Waals surface area contributed by atoms with Crippen molar-refractivity contribution >= 4 is 0 Å². The minimum atomic E-state index is -0.309. The summed E-state index contributed by atoms with van der Waals surface area (Å²) in [6, 6.07) is 9.50. The maximum Gasteiger partial charge on any atom is 0.276 e. The number of hydrogen-bond donors (Lipinski definition) is 1. The van der Waals surface area contributed by atoms with Gasteiger partial charge in [0, 0.05) is 18.3 Å². The Morgan fingerprint density at radius 2 is 1.90 bits per heavy atom. The Labute approximate surface area is 114 Å². The number of rotatable bonds is 3. The molecule has 0 aliphatic rings. The van der Waals surface area contributed by atoms with E-state index in [2.05, 4.69) is 15.1 Å². The van der Waals surface area contributed by atoms with Gasteiger partial charge in [-0.15, -0.1) is 0 Å². The highest BCUT2D eigenvalue weighted by atomic mass is 19.1. The maximum absolute atomic E-state index is 12.9. The molecule has 2 aromatic heterocycles. The summed E-state index contributed by atoms with van der Waals surface area (Å²) in [4.78, 5) is 8.45. The Balaban J connectivity index is 1.91. The van der Waals surface area contributed by atoms with E-state index >= 15 is 0 Å². The van der Waals surface area contributed by atoms with Crippen LogP contribution in [-0.2, 0) is 6.54 Å². The second-order valence-electron chi connectivity index (χ2n) is 4.19. The van der Waals surface area contributed by atoms with Crippen LogP contribution in [0.2, 0.25) is 0 Å². The van der Waals surface area contributed by atoms with Crippen LogP contribution in [0.25, 0.3) is 23.0 Å². The van der Waals surface area contributed by atoms with Crippen LogP contribution < -0.4 is 5.73 Å². The van der Waals surface area contributed by atoms with Gasteiger partial charge in [0.05, 0.1) is 0 Å². The first kappa shape index (κ1) is 12.4. The molecule has 100 valence electrons. The molecule has 0 fully saturated rings. The number of pyridine rings is 1. The van der Waals surface area contributed by atoms with Gasteiger partial charge in [-0.05, 0) is 35.9 Å². The minimum Gasteiger partial charge on any atom is -0.332 e. The minimum absolute atomic E-state index is 0.309. The number of nitrogens with zero attached hydrogens (tertiary/aromatic N) is 3. The topological polar surface area (TPSA) is 77.8 Å². The molecule has 2 N–H and O–H groups in total. The van der Waals surface area contributed by atoms with Crippen LogP contribution in [0.3, 0.4) is 0 Å². The largest absolute Gasteiger partial charge is 0.332 e. The lowest BCUT2D eigenvalue weighted by atomic mass is 10.2. The zero-order valence-electron chi connectivity index (χ0n) is 10.5. The van der Waals surface area contributed by atoms with Gasteiger partial charge >= 0.3 is 0 Å². The van der Waals surface area contributed by atoms with Crippen LogP contribution in [-0.4, -0.2) is 15.1 Å². The van der Waals surface area contributed by atoms with Crippen molar-refractivity contribution in [3.05, 3.63) is 54.0 Å². The van der Waals surface area contributed by atoms with E-state index in [9.17, 15) is 4.39 Å². The van der Waals surface area contributed by atoms with E-state index in [1.165, 1.54) is 12.1 Å². The maximum atomic E-state index is 12.9. The summed E-state index contributed by atoms with van der Waals surface area (Å²) in [5, 5.41) is 3.86. The van der Waals surface area contributed by atoms with Crippen LogP contribution in [0.15, 0.2) is 47.1 Å². The van der Waals surface area contributed by atoms with Crippen molar-refractivity contribution < 1.29 is 8.91 Å². The van der Waals surface area contributed by atoms with Gasteiger partial charge in [0.15, 0.2) is 0 Å². The van der Waals surface area contributed by atoms with Gasteiger partial charge in [-0.25, -0.2) is 4.39 Å². The molecule has 0 atom stereocenters. The smallest absolute Gasteiger partial charge is 0.276 e. The number of benzene rings is 1. The molecule has 0 aliphatic heterocycles. The van der Waals surface area contributed by atoms with Gasteiger partial charge in [0.2, 0.25) is 5.82 Å². The molecule has 0 saturated heterocycles. The lowest BCUT2D eigenvalue weighted by Gasteiger charge is -1.96. The zero-order valence-corrected chi connectivity index (χ0v) is 10.5. The fourth-order valence-electron chi connectivity index (χ4n) is 1.72. The molecule has 0 amide bonds. The van der Waals surface area contributed by atoms with Crippen molar-refractivity contribution in [3.8, 4) is 23.0 Å². The SMILES string of the molecule is NCc1ccc(-c2nc(-c3ccc(F)cc3)no2)nc1. The van der Waals surface area contributed by atoms with Crippen LogP contribution in [0.1, 0.15) is 5.56 Å². The van der Waals surface area contributed by atoms with Crippen molar-refractivity contribution in [3.63, 3.8) is 0 Å². The first-order valence-electron chi connectivity index (χ1n) is 6.01. The molecule has 0 unspecified atom stereocenters. The average molecular weight is 270 g/mol. The summed E-state index contributed by atoms with van der Waals surface area (Å²) in [6.45, 7) is 0.429. The van der Waals surface area contributed by atoms with Crippen LogP contribution in [0, 0.1) is 5.82 Å². The van der Waals surface area contributed by atoms with E-state index in [0.717, 1.165) is 5.56 Å². The number of hydrogen-bond acceptors (Lipinski definition) is 5. The normalized spacial score (nSPS) is 10.7. The summed E-state index contributed by atoms with van der Waals surface area (Å²) in [5.74, 6) is 0.397. The van der Waals surface area contributed by atoms with Gasteiger partial charge in [-0.3, -0.25) is 4.98 Å². The highest BCUT2D eigenvalue weighted by Crippen LogP contribution is 2.21. The van der Waals surface area contributed by atoms with E-state index in [1.54, 1.807) is 24.4 Å². The van der Waals surface area contributed by atoms with E-state index in [4.69, 9.17) is 10.3 Å². The van der Waals surface area contributed by atoms with Crippen molar-refractivity contribution in [2.45, 2.75) is 6.54 Å². The Hall–Kier alpha value is -2.60. The van der Waals surface area contributed by atoms with Gasteiger partial charge in [0.25, 0.3) is 5.89 Å². The predicted molar refractivity (Wildman–Crippen MR) is 70.8 cm³/mol. The van der Waals surface area contributed by atoms with E-state index < -0.39 is 0 Å². The zero-order chi connectivity index (χ0) is 13.9. The predicted octanol–water partition coefficient (Wildman–Crippen LogP) is 2.40. The molecule has 0 radical (unpaired) electrons. The Morgan fingerprint density at radius 1 is 1.10 bits per heavy atom. The molecule has 20 heavy (non-hydrogen) atoms. The highest BCUT2D eigenvalue weighted by molar-refractivity contribution is 5.57. The molecule has 0 bridgehead atoms. The van der Waals surface area contributed by atoms with Gasteiger partial charge in [-0.1, -0.05) is 11.2 Å². The van der Waals surface area contributed by atoms with E-state index in [1.807, 2.05) is 6.07 Å². The molecular formula is C14H11FN4O. The standard InChI is InChI=1S/C14H11FN4O/c15-11-4-2-10(3-5-11)13-18-14(20-19-13)12-6-1-9(7-16)8-17-12/h1-6,8H,7,16H2. The van der Waals surface area contributed by atoms with Crippen molar-refractivity contribution in [2.24, 2.45) is 5.73 Å². The Morgan fingerprint density at radius 3 is 2.55 bits per heavy atom. The summed E-state index contributed by atoms with van der Waals surface area (Å²) in [5.41, 5.74) is 7.68. The lowest BCUT2D eigenvalue weighted by molar-refractivity contribution is 0.431. The molecule has 1 aromatic carbocycles. The molecule has 0 saturated carbocycles. The summed E-state index contributed by atoms with van der Waals surface area (Å²) >= 11 is 0. The van der Waals surface area contributed by atoms with E-state index in [-0.39, 0.29) is 5.82 Å². The van der Waals surface area contributed by atoms with Crippen molar-refractivity contribution in [1.29, 1.82) is 0 Å². The average Bonchev–Trinajstić information content (AvgIpc) is 2.98. The van der Waals surface area contributed by atoms with Crippen LogP contribution in [0.4, 0.5) is 4.39 Å². The number of halogens is 1. The fraction of sp³-hybridized carbons (Fsp3) is 0.0714. The second-order valence-corrected chi connectivity index (χ2v) is 4.19.